The van der Waals surface area contributed by atoms with E-state index in [2.05, 4.69) is 0 Å². The first-order valence-corrected chi connectivity index (χ1v) is 5.53. The van der Waals surface area contributed by atoms with Gasteiger partial charge in [0, 0.05) is 17.1 Å². The van der Waals surface area contributed by atoms with Gasteiger partial charge in [-0.1, -0.05) is 11.6 Å². The minimum atomic E-state index is -3.98. The molecule has 0 bridgehead atoms. The second-order valence-electron chi connectivity index (χ2n) is 2.66. The SMILES string of the molecule is NCc1cc(Cl)cc(S(N)(=O)=O)c1O. The van der Waals surface area contributed by atoms with Gasteiger partial charge in [0.25, 0.3) is 0 Å². The van der Waals surface area contributed by atoms with E-state index < -0.39 is 20.7 Å². The van der Waals surface area contributed by atoms with Crippen LogP contribution in [0.2, 0.25) is 5.02 Å². The molecule has 7 heteroatoms. The molecule has 5 nitrogen and oxygen atoms in total. The Kier molecular flexibility index (Phi) is 3.01. The Balaban J connectivity index is 3.53. The molecule has 1 rings (SSSR count). The highest BCUT2D eigenvalue weighted by Gasteiger charge is 2.17. The van der Waals surface area contributed by atoms with Crippen molar-refractivity contribution in [3.05, 3.63) is 22.7 Å². The van der Waals surface area contributed by atoms with E-state index in [0.717, 1.165) is 6.07 Å². The van der Waals surface area contributed by atoms with Crippen molar-refractivity contribution in [3.8, 4) is 5.75 Å². The fourth-order valence-corrected chi connectivity index (χ4v) is 2.00. The minimum Gasteiger partial charge on any atom is -0.506 e. The van der Waals surface area contributed by atoms with Crippen LogP contribution in [0.5, 0.6) is 5.75 Å². The normalized spacial score (nSPS) is 11.6. The molecule has 0 aliphatic carbocycles. The monoisotopic (exact) mass is 236 g/mol. The Bertz CT molecular complexity index is 458. The van der Waals surface area contributed by atoms with E-state index in [1.54, 1.807) is 0 Å². The highest BCUT2D eigenvalue weighted by molar-refractivity contribution is 7.89. The predicted molar refractivity (Wildman–Crippen MR) is 52.4 cm³/mol. The molecule has 0 aliphatic rings. The van der Waals surface area contributed by atoms with Crippen molar-refractivity contribution in [3.63, 3.8) is 0 Å². The number of phenols is 1. The van der Waals surface area contributed by atoms with Crippen molar-refractivity contribution in [2.24, 2.45) is 10.9 Å². The van der Waals surface area contributed by atoms with Crippen molar-refractivity contribution >= 4 is 21.6 Å². The molecular formula is C7H9ClN2O3S. The first kappa shape index (κ1) is 11.3. The van der Waals surface area contributed by atoms with E-state index in [4.69, 9.17) is 22.5 Å². The molecule has 78 valence electrons. The van der Waals surface area contributed by atoms with Crippen LogP contribution in [0.1, 0.15) is 5.56 Å². The molecule has 0 saturated heterocycles. The number of benzene rings is 1. The molecule has 0 amide bonds. The van der Waals surface area contributed by atoms with Crippen LogP contribution in [0.15, 0.2) is 17.0 Å². The fraction of sp³-hybridized carbons (Fsp3) is 0.143. The molecule has 0 saturated carbocycles. The quantitative estimate of drug-likeness (QED) is 0.680. The Hall–Kier alpha value is -0.820. The third-order valence-corrected chi connectivity index (χ3v) is 2.79. The van der Waals surface area contributed by atoms with Gasteiger partial charge in [0.05, 0.1) is 0 Å². The van der Waals surface area contributed by atoms with Crippen molar-refractivity contribution in [2.45, 2.75) is 11.4 Å². The van der Waals surface area contributed by atoms with E-state index in [9.17, 15) is 13.5 Å². The van der Waals surface area contributed by atoms with Crippen LogP contribution in [0.3, 0.4) is 0 Å². The number of sulfonamides is 1. The van der Waals surface area contributed by atoms with Crippen LogP contribution in [-0.2, 0) is 16.6 Å². The lowest BCUT2D eigenvalue weighted by molar-refractivity contribution is 0.452. The lowest BCUT2D eigenvalue weighted by atomic mass is 10.2. The Morgan fingerprint density at radius 3 is 2.43 bits per heavy atom. The summed E-state index contributed by atoms with van der Waals surface area (Å²) in [5.41, 5.74) is 5.51. The fourth-order valence-electron chi connectivity index (χ4n) is 1.00. The number of aromatic hydroxyl groups is 1. The summed E-state index contributed by atoms with van der Waals surface area (Å²) in [5.74, 6) is -0.445. The third kappa shape index (κ3) is 2.16. The Morgan fingerprint density at radius 1 is 1.43 bits per heavy atom. The number of phenolic OH excluding ortho intramolecular Hbond substituents is 1. The van der Waals surface area contributed by atoms with Crippen LogP contribution in [0, 0.1) is 0 Å². The Labute approximate surface area is 86.3 Å². The predicted octanol–water partition coefficient (Wildman–Crippen LogP) is 0.152. The zero-order chi connectivity index (χ0) is 10.9. The lowest BCUT2D eigenvalue weighted by Crippen LogP contribution is -2.13. The molecule has 0 heterocycles. The summed E-state index contributed by atoms with van der Waals surface area (Å²) in [4.78, 5) is -0.412. The Morgan fingerprint density at radius 2 is 2.00 bits per heavy atom. The van der Waals surface area contributed by atoms with E-state index in [1.165, 1.54) is 6.07 Å². The summed E-state index contributed by atoms with van der Waals surface area (Å²) < 4.78 is 22.0. The minimum absolute atomic E-state index is 0.0189. The van der Waals surface area contributed by atoms with Crippen molar-refractivity contribution < 1.29 is 13.5 Å². The molecule has 0 spiro atoms. The van der Waals surface area contributed by atoms with Gasteiger partial charge < -0.3 is 10.8 Å². The van der Waals surface area contributed by atoms with Gasteiger partial charge in [0.1, 0.15) is 10.6 Å². The smallest absolute Gasteiger partial charge is 0.241 e. The molecule has 0 radical (unpaired) electrons. The molecule has 0 fully saturated rings. The van der Waals surface area contributed by atoms with Gasteiger partial charge in [0.15, 0.2) is 0 Å². The first-order chi connectivity index (χ1) is 6.36. The summed E-state index contributed by atoms with van der Waals surface area (Å²) in [6.45, 7) is -0.0189. The van der Waals surface area contributed by atoms with E-state index in [1.807, 2.05) is 0 Å². The molecule has 0 unspecified atom stereocenters. The average Bonchev–Trinajstić information content (AvgIpc) is 2.06. The number of nitrogens with two attached hydrogens (primary N) is 2. The molecule has 1 aromatic rings. The van der Waals surface area contributed by atoms with Gasteiger partial charge in [-0.2, -0.15) is 0 Å². The van der Waals surface area contributed by atoms with Gasteiger partial charge in [-0.25, -0.2) is 13.6 Å². The number of hydrogen-bond acceptors (Lipinski definition) is 4. The number of primary sulfonamides is 1. The van der Waals surface area contributed by atoms with Crippen molar-refractivity contribution in [1.82, 2.24) is 0 Å². The van der Waals surface area contributed by atoms with Gasteiger partial charge >= 0.3 is 0 Å². The summed E-state index contributed by atoms with van der Waals surface area (Å²) in [5, 5.41) is 14.5. The standard InChI is InChI=1S/C7H9ClN2O3S/c8-5-1-4(3-9)7(11)6(2-5)14(10,12)13/h1-2,11H,3,9H2,(H2,10,12,13). The van der Waals surface area contributed by atoms with E-state index >= 15 is 0 Å². The molecule has 0 aliphatic heterocycles. The van der Waals surface area contributed by atoms with Crippen LogP contribution in [-0.4, -0.2) is 13.5 Å². The maximum atomic E-state index is 11.0. The second-order valence-corrected chi connectivity index (χ2v) is 4.63. The first-order valence-electron chi connectivity index (χ1n) is 3.60. The molecular weight excluding hydrogens is 228 g/mol. The van der Waals surface area contributed by atoms with Crippen LogP contribution in [0.4, 0.5) is 0 Å². The molecule has 0 aromatic heterocycles. The van der Waals surface area contributed by atoms with E-state index in [0.29, 0.717) is 0 Å². The van der Waals surface area contributed by atoms with Gasteiger partial charge in [-0.05, 0) is 12.1 Å². The van der Waals surface area contributed by atoms with Crippen molar-refractivity contribution in [2.75, 3.05) is 0 Å². The van der Waals surface area contributed by atoms with Crippen LogP contribution >= 0.6 is 11.6 Å². The lowest BCUT2D eigenvalue weighted by Gasteiger charge is -2.07. The number of rotatable bonds is 2. The average molecular weight is 237 g/mol. The summed E-state index contributed by atoms with van der Waals surface area (Å²) >= 11 is 5.62. The highest BCUT2D eigenvalue weighted by atomic mass is 35.5. The van der Waals surface area contributed by atoms with E-state index in [-0.39, 0.29) is 17.1 Å². The maximum Gasteiger partial charge on any atom is 0.241 e. The van der Waals surface area contributed by atoms with Crippen LogP contribution < -0.4 is 10.9 Å². The topological polar surface area (TPSA) is 106 Å². The van der Waals surface area contributed by atoms with Gasteiger partial charge in [0.2, 0.25) is 10.0 Å². The molecule has 1 aromatic carbocycles. The highest BCUT2D eigenvalue weighted by Crippen LogP contribution is 2.29. The number of hydrogen-bond donors (Lipinski definition) is 3. The second kappa shape index (κ2) is 3.74. The molecule has 5 N–H and O–H groups in total. The number of halogens is 1. The summed E-state index contributed by atoms with van der Waals surface area (Å²) in [6, 6.07) is 2.46. The zero-order valence-electron chi connectivity index (χ0n) is 7.07. The summed E-state index contributed by atoms with van der Waals surface area (Å²) in [7, 11) is -3.98. The largest absolute Gasteiger partial charge is 0.506 e. The summed E-state index contributed by atoms with van der Waals surface area (Å²) in [6.07, 6.45) is 0. The van der Waals surface area contributed by atoms with Crippen LogP contribution in [0.25, 0.3) is 0 Å². The molecule has 14 heavy (non-hydrogen) atoms. The van der Waals surface area contributed by atoms with Gasteiger partial charge in [-0.3, -0.25) is 0 Å². The van der Waals surface area contributed by atoms with Gasteiger partial charge in [-0.15, -0.1) is 0 Å². The van der Waals surface area contributed by atoms with Crippen molar-refractivity contribution in [1.29, 1.82) is 0 Å². The third-order valence-electron chi connectivity index (χ3n) is 1.65. The molecule has 0 atom stereocenters. The zero-order valence-corrected chi connectivity index (χ0v) is 8.64. The maximum absolute atomic E-state index is 11.0.